The van der Waals surface area contributed by atoms with Crippen molar-refractivity contribution < 1.29 is 13.9 Å². The van der Waals surface area contributed by atoms with E-state index in [4.69, 9.17) is 9.15 Å². The summed E-state index contributed by atoms with van der Waals surface area (Å²) in [6, 6.07) is 11.9. The number of ketones is 1. The van der Waals surface area contributed by atoms with Gasteiger partial charge in [0, 0.05) is 22.9 Å². The van der Waals surface area contributed by atoms with Crippen LogP contribution in [0.4, 0.5) is 0 Å². The zero-order chi connectivity index (χ0) is 20.8. The number of carbonyl (C=O) groups is 1. The average molecular weight is 392 g/mol. The molecular formula is C25H29NO3. The van der Waals surface area contributed by atoms with Crippen molar-refractivity contribution in [2.45, 2.75) is 40.0 Å². The highest BCUT2D eigenvalue weighted by atomic mass is 16.5. The zero-order valence-corrected chi connectivity index (χ0v) is 18.0. The third-order valence-corrected chi connectivity index (χ3v) is 6.12. The number of ether oxygens (including phenoxy) is 1. The highest BCUT2D eigenvalue weighted by Crippen LogP contribution is 2.46. The van der Waals surface area contributed by atoms with Gasteiger partial charge < -0.3 is 14.1 Å². The van der Waals surface area contributed by atoms with Crippen LogP contribution < -0.4 is 4.74 Å². The molecule has 0 bridgehead atoms. The Morgan fingerprint density at radius 1 is 1.07 bits per heavy atom. The lowest BCUT2D eigenvalue weighted by atomic mass is 9.71. The lowest BCUT2D eigenvalue weighted by Crippen LogP contribution is -2.30. The van der Waals surface area contributed by atoms with Crippen LogP contribution in [-0.2, 0) is 5.41 Å². The Labute approximate surface area is 172 Å². The second-order valence-corrected chi connectivity index (χ2v) is 8.34. The van der Waals surface area contributed by atoms with Crippen molar-refractivity contribution in [3.05, 3.63) is 64.4 Å². The molecule has 2 aromatic carbocycles. The summed E-state index contributed by atoms with van der Waals surface area (Å²) < 4.78 is 12.2. The molecule has 1 aliphatic rings. The van der Waals surface area contributed by atoms with Crippen molar-refractivity contribution in [1.82, 2.24) is 4.90 Å². The summed E-state index contributed by atoms with van der Waals surface area (Å²) in [5, 5.41) is 0.897. The molecule has 0 atom stereocenters. The Morgan fingerprint density at radius 2 is 1.83 bits per heavy atom. The number of likely N-dealkylation sites (N-methyl/N-ethyl adjacent to an activating group) is 1. The standard InChI is InChI=1S/C25H29NO3/c1-6-26(7-2)12-13-28-17-9-11-18-20(15-17)25(4,5)24-22(23(18)27)19-10-8-16(3)14-21(19)29-24/h8-11,14-15H,6-7,12-13H2,1-5H3. The fourth-order valence-corrected chi connectivity index (χ4v) is 4.29. The largest absolute Gasteiger partial charge is 0.492 e. The molecule has 4 nitrogen and oxygen atoms in total. The molecule has 1 aliphatic carbocycles. The summed E-state index contributed by atoms with van der Waals surface area (Å²) in [6.45, 7) is 14.1. The third-order valence-electron chi connectivity index (χ3n) is 6.12. The molecule has 0 spiro atoms. The normalized spacial score (nSPS) is 14.9. The van der Waals surface area contributed by atoms with E-state index in [-0.39, 0.29) is 5.78 Å². The van der Waals surface area contributed by atoms with E-state index in [1.54, 1.807) is 0 Å². The molecule has 1 aromatic heterocycles. The van der Waals surface area contributed by atoms with E-state index < -0.39 is 5.41 Å². The summed E-state index contributed by atoms with van der Waals surface area (Å²) in [6.07, 6.45) is 0. The number of nitrogens with zero attached hydrogens (tertiary/aromatic N) is 1. The SMILES string of the molecule is CCN(CC)CCOc1ccc2c(c1)C(C)(C)c1oc3cc(C)ccc3c1C2=O. The second kappa shape index (κ2) is 7.34. The smallest absolute Gasteiger partial charge is 0.197 e. The molecule has 29 heavy (non-hydrogen) atoms. The summed E-state index contributed by atoms with van der Waals surface area (Å²) in [7, 11) is 0. The molecule has 0 aliphatic heterocycles. The molecule has 3 aromatic rings. The number of rotatable bonds is 6. The highest BCUT2D eigenvalue weighted by molar-refractivity contribution is 6.19. The fraction of sp³-hybridized carbons (Fsp3) is 0.400. The first-order valence-electron chi connectivity index (χ1n) is 10.4. The fourth-order valence-electron chi connectivity index (χ4n) is 4.29. The van der Waals surface area contributed by atoms with Crippen LogP contribution in [0.15, 0.2) is 40.8 Å². The van der Waals surface area contributed by atoms with Gasteiger partial charge in [-0.05, 0) is 69.3 Å². The van der Waals surface area contributed by atoms with Gasteiger partial charge in [-0.25, -0.2) is 0 Å². The molecule has 4 rings (SSSR count). The van der Waals surface area contributed by atoms with Crippen molar-refractivity contribution in [3.63, 3.8) is 0 Å². The van der Waals surface area contributed by atoms with Gasteiger partial charge in [0.15, 0.2) is 5.78 Å². The molecule has 0 N–H and O–H groups in total. The summed E-state index contributed by atoms with van der Waals surface area (Å²) in [4.78, 5) is 15.7. The van der Waals surface area contributed by atoms with E-state index in [9.17, 15) is 4.79 Å². The van der Waals surface area contributed by atoms with Gasteiger partial charge in [-0.1, -0.05) is 26.0 Å². The molecule has 4 heteroatoms. The van der Waals surface area contributed by atoms with Crippen LogP contribution >= 0.6 is 0 Å². The first-order valence-corrected chi connectivity index (χ1v) is 10.4. The van der Waals surface area contributed by atoms with E-state index in [1.807, 2.05) is 43.3 Å². The van der Waals surface area contributed by atoms with Crippen LogP contribution in [0.2, 0.25) is 0 Å². The molecule has 152 valence electrons. The Kier molecular flexibility index (Phi) is 4.99. The first kappa shape index (κ1) is 19.7. The third kappa shape index (κ3) is 3.25. The minimum atomic E-state index is -0.413. The van der Waals surface area contributed by atoms with Crippen molar-refractivity contribution in [2.24, 2.45) is 0 Å². The molecule has 0 fully saturated rings. The predicted octanol–water partition coefficient (Wildman–Crippen LogP) is 5.33. The van der Waals surface area contributed by atoms with Gasteiger partial charge in [-0.15, -0.1) is 0 Å². The van der Waals surface area contributed by atoms with Gasteiger partial charge >= 0.3 is 0 Å². The molecule has 0 radical (unpaired) electrons. The minimum Gasteiger partial charge on any atom is -0.492 e. The zero-order valence-electron chi connectivity index (χ0n) is 18.0. The number of carbonyl (C=O) groups excluding carboxylic acids is 1. The van der Waals surface area contributed by atoms with Crippen LogP contribution in [0.5, 0.6) is 5.75 Å². The van der Waals surface area contributed by atoms with Crippen LogP contribution in [0.3, 0.4) is 0 Å². The van der Waals surface area contributed by atoms with E-state index in [0.717, 1.165) is 58.8 Å². The number of hydrogen-bond donors (Lipinski definition) is 0. The van der Waals surface area contributed by atoms with Crippen LogP contribution in [0.25, 0.3) is 11.0 Å². The number of furan rings is 1. The maximum absolute atomic E-state index is 13.3. The number of benzene rings is 2. The molecule has 1 heterocycles. The van der Waals surface area contributed by atoms with Crippen molar-refractivity contribution >= 4 is 16.8 Å². The Hall–Kier alpha value is -2.59. The van der Waals surface area contributed by atoms with Gasteiger partial charge in [0.25, 0.3) is 0 Å². The minimum absolute atomic E-state index is 0.0339. The van der Waals surface area contributed by atoms with Crippen molar-refractivity contribution in [3.8, 4) is 5.75 Å². The molecule has 0 amide bonds. The van der Waals surface area contributed by atoms with E-state index in [0.29, 0.717) is 12.2 Å². The maximum atomic E-state index is 13.3. The van der Waals surface area contributed by atoms with Crippen molar-refractivity contribution in [1.29, 1.82) is 0 Å². The lowest BCUT2D eigenvalue weighted by Gasteiger charge is -2.31. The molecule has 0 saturated heterocycles. The van der Waals surface area contributed by atoms with Gasteiger partial charge in [0.05, 0.1) is 5.56 Å². The second-order valence-electron chi connectivity index (χ2n) is 8.34. The number of fused-ring (bicyclic) bond motifs is 4. The number of hydrogen-bond acceptors (Lipinski definition) is 4. The average Bonchev–Trinajstić information content (AvgIpc) is 3.09. The summed E-state index contributed by atoms with van der Waals surface area (Å²) in [5.74, 6) is 1.58. The maximum Gasteiger partial charge on any atom is 0.197 e. The van der Waals surface area contributed by atoms with Crippen molar-refractivity contribution in [2.75, 3.05) is 26.2 Å². The first-order chi connectivity index (χ1) is 13.9. The van der Waals surface area contributed by atoms with Gasteiger partial charge in [-0.2, -0.15) is 0 Å². The topological polar surface area (TPSA) is 42.7 Å². The van der Waals surface area contributed by atoms with Gasteiger partial charge in [0.1, 0.15) is 23.7 Å². The Balaban J connectivity index is 1.70. The molecule has 0 unspecified atom stereocenters. The summed E-state index contributed by atoms with van der Waals surface area (Å²) in [5.41, 5.74) is 3.89. The van der Waals surface area contributed by atoms with E-state index >= 15 is 0 Å². The molecular weight excluding hydrogens is 362 g/mol. The van der Waals surface area contributed by atoms with Crippen LogP contribution in [-0.4, -0.2) is 36.9 Å². The van der Waals surface area contributed by atoms with E-state index in [2.05, 4.69) is 32.6 Å². The van der Waals surface area contributed by atoms with Gasteiger partial charge in [-0.3, -0.25) is 4.79 Å². The van der Waals surface area contributed by atoms with Crippen LogP contribution in [0.1, 0.15) is 60.5 Å². The van der Waals surface area contributed by atoms with Crippen LogP contribution in [0, 0.1) is 6.92 Å². The van der Waals surface area contributed by atoms with E-state index in [1.165, 1.54) is 0 Å². The molecule has 0 saturated carbocycles. The monoisotopic (exact) mass is 391 g/mol. The predicted molar refractivity (Wildman–Crippen MR) is 116 cm³/mol. The Bertz CT molecular complexity index is 1070. The summed E-state index contributed by atoms with van der Waals surface area (Å²) >= 11 is 0. The Morgan fingerprint density at radius 3 is 2.55 bits per heavy atom. The van der Waals surface area contributed by atoms with Gasteiger partial charge in [0.2, 0.25) is 0 Å². The number of aryl methyl sites for hydroxylation is 1. The highest BCUT2D eigenvalue weighted by Gasteiger charge is 2.41. The quantitative estimate of drug-likeness (QED) is 0.569. The lowest BCUT2D eigenvalue weighted by molar-refractivity contribution is 0.102.